The number of aryl methyl sites for hydroxylation is 1. The molecule has 100 valence electrons. The van der Waals surface area contributed by atoms with Crippen LogP contribution in [-0.4, -0.2) is 35.5 Å². The van der Waals surface area contributed by atoms with E-state index in [0.717, 1.165) is 25.7 Å². The zero-order valence-electron chi connectivity index (χ0n) is 10.4. The Kier molecular flexibility index (Phi) is 2.90. The molecule has 6 nitrogen and oxygen atoms in total. The van der Waals surface area contributed by atoms with Crippen LogP contribution in [0.3, 0.4) is 0 Å². The summed E-state index contributed by atoms with van der Waals surface area (Å²) in [7, 11) is -3.31. The second-order valence-electron chi connectivity index (χ2n) is 5.14. The van der Waals surface area contributed by atoms with Crippen molar-refractivity contribution < 1.29 is 12.9 Å². The fourth-order valence-corrected chi connectivity index (χ4v) is 4.42. The molecule has 0 aromatic carbocycles. The molecular formula is C11H17N3O3S. The summed E-state index contributed by atoms with van der Waals surface area (Å²) < 4.78 is 31.2. The molecule has 18 heavy (non-hydrogen) atoms. The van der Waals surface area contributed by atoms with E-state index in [4.69, 9.17) is 4.52 Å². The standard InChI is InChI=1S/C11H17N3O3S/c1-8-12-11(13-17-8)7-18(15,16)14-6-2-3-10(14)9-4-5-9/h9-10H,2-7H2,1H3. The first-order valence-corrected chi connectivity index (χ1v) is 7.96. The Morgan fingerprint density at radius 2 is 2.17 bits per heavy atom. The van der Waals surface area contributed by atoms with Crippen LogP contribution < -0.4 is 0 Å². The first-order valence-electron chi connectivity index (χ1n) is 6.35. The lowest BCUT2D eigenvalue weighted by atomic mass is 10.1. The van der Waals surface area contributed by atoms with Gasteiger partial charge >= 0.3 is 0 Å². The van der Waals surface area contributed by atoms with Gasteiger partial charge in [-0.1, -0.05) is 5.16 Å². The minimum Gasteiger partial charge on any atom is -0.340 e. The van der Waals surface area contributed by atoms with Crippen molar-refractivity contribution in [2.75, 3.05) is 6.54 Å². The first-order chi connectivity index (χ1) is 8.56. The molecule has 1 saturated heterocycles. The molecule has 2 aliphatic rings. The van der Waals surface area contributed by atoms with E-state index in [9.17, 15) is 8.42 Å². The topological polar surface area (TPSA) is 76.3 Å². The van der Waals surface area contributed by atoms with Gasteiger partial charge in [0.15, 0.2) is 5.82 Å². The van der Waals surface area contributed by atoms with Crippen LogP contribution in [0.15, 0.2) is 4.52 Å². The highest BCUT2D eigenvalue weighted by atomic mass is 32.2. The molecule has 1 aromatic heterocycles. The van der Waals surface area contributed by atoms with Crippen molar-refractivity contribution in [2.24, 2.45) is 5.92 Å². The van der Waals surface area contributed by atoms with E-state index in [1.165, 1.54) is 0 Å². The predicted molar refractivity (Wildman–Crippen MR) is 64.1 cm³/mol. The zero-order valence-corrected chi connectivity index (χ0v) is 11.2. The Hall–Kier alpha value is -0.950. The molecule has 0 amide bonds. The van der Waals surface area contributed by atoms with Crippen molar-refractivity contribution in [3.63, 3.8) is 0 Å². The maximum absolute atomic E-state index is 12.4. The van der Waals surface area contributed by atoms with Crippen molar-refractivity contribution in [2.45, 2.75) is 44.4 Å². The largest absolute Gasteiger partial charge is 0.340 e. The summed E-state index contributed by atoms with van der Waals surface area (Å²) in [6, 6.07) is 0.211. The summed E-state index contributed by atoms with van der Waals surface area (Å²) in [5.74, 6) is 1.09. The summed E-state index contributed by atoms with van der Waals surface area (Å²) >= 11 is 0. The SMILES string of the molecule is Cc1nc(CS(=O)(=O)N2CCCC2C2CC2)no1. The van der Waals surface area contributed by atoms with Gasteiger partial charge in [0.25, 0.3) is 0 Å². The van der Waals surface area contributed by atoms with Gasteiger partial charge in [-0.05, 0) is 31.6 Å². The molecule has 7 heteroatoms. The second-order valence-corrected chi connectivity index (χ2v) is 7.07. The van der Waals surface area contributed by atoms with E-state index in [-0.39, 0.29) is 17.6 Å². The number of nitrogens with zero attached hydrogens (tertiary/aromatic N) is 3. The lowest BCUT2D eigenvalue weighted by molar-refractivity contribution is 0.354. The Balaban J connectivity index is 1.76. The summed E-state index contributed by atoms with van der Waals surface area (Å²) in [6.45, 7) is 2.30. The Morgan fingerprint density at radius 3 is 2.78 bits per heavy atom. The lowest BCUT2D eigenvalue weighted by Gasteiger charge is -2.23. The van der Waals surface area contributed by atoms with Gasteiger partial charge in [-0.25, -0.2) is 8.42 Å². The third kappa shape index (κ3) is 2.29. The van der Waals surface area contributed by atoms with Crippen molar-refractivity contribution in [3.05, 3.63) is 11.7 Å². The van der Waals surface area contributed by atoms with Crippen molar-refractivity contribution in [3.8, 4) is 0 Å². The fraction of sp³-hybridized carbons (Fsp3) is 0.818. The minimum absolute atomic E-state index is 0.145. The molecule has 2 heterocycles. The van der Waals surface area contributed by atoms with Gasteiger partial charge in [0.1, 0.15) is 5.75 Å². The second kappa shape index (κ2) is 4.31. The van der Waals surface area contributed by atoms with E-state index in [2.05, 4.69) is 10.1 Å². The highest BCUT2D eigenvalue weighted by Gasteiger charge is 2.43. The fourth-order valence-electron chi connectivity index (χ4n) is 2.71. The molecule has 1 unspecified atom stereocenters. The molecule has 0 N–H and O–H groups in total. The molecule has 2 fully saturated rings. The highest BCUT2D eigenvalue weighted by Crippen LogP contribution is 2.41. The molecule has 1 saturated carbocycles. The van der Waals surface area contributed by atoms with Crippen LogP contribution in [-0.2, 0) is 15.8 Å². The van der Waals surface area contributed by atoms with Crippen LogP contribution >= 0.6 is 0 Å². The third-order valence-corrected chi connectivity index (χ3v) is 5.44. The van der Waals surface area contributed by atoms with E-state index < -0.39 is 10.0 Å². The van der Waals surface area contributed by atoms with E-state index in [1.807, 2.05) is 0 Å². The van der Waals surface area contributed by atoms with E-state index >= 15 is 0 Å². The smallest absolute Gasteiger partial charge is 0.223 e. The van der Waals surface area contributed by atoms with Crippen molar-refractivity contribution in [1.82, 2.24) is 14.4 Å². The van der Waals surface area contributed by atoms with Crippen molar-refractivity contribution in [1.29, 1.82) is 0 Å². The normalized spacial score (nSPS) is 25.7. The molecule has 0 radical (unpaired) electrons. The van der Waals surface area contributed by atoms with Gasteiger partial charge in [0.2, 0.25) is 15.9 Å². The number of sulfonamides is 1. The summed E-state index contributed by atoms with van der Waals surface area (Å²) in [6.07, 6.45) is 4.29. The maximum atomic E-state index is 12.4. The molecule has 3 rings (SSSR count). The molecule has 1 atom stereocenters. The average Bonchev–Trinajstić information content (AvgIpc) is 2.87. The minimum atomic E-state index is -3.31. The van der Waals surface area contributed by atoms with Gasteiger partial charge in [-0.15, -0.1) is 0 Å². The third-order valence-electron chi connectivity index (χ3n) is 3.65. The zero-order chi connectivity index (χ0) is 12.8. The van der Waals surface area contributed by atoms with E-state index in [0.29, 0.717) is 18.4 Å². The van der Waals surface area contributed by atoms with Crippen LogP contribution in [0, 0.1) is 12.8 Å². The maximum Gasteiger partial charge on any atom is 0.223 e. The average molecular weight is 271 g/mol. The van der Waals surface area contributed by atoms with Gasteiger partial charge in [0.05, 0.1) is 0 Å². The van der Waals surface area contributed by atoms with Gasteiger partial charge in [-0.2, -0.15) is 9.29 Å². The highest BCUT2D eigenvalue weighted by molar-refractivity contribution is 7.88. The summed E-state index contributed by atoms with van der Waals surface area (Å²) in [4.78, 5) is 3.97. The van der Waals surface area contributed by atoms with Crippen LogP contribution in [0.1, 0.15) is 37.4 Å². The van der Waals surface area contributed by atoms with Gasteiger partial charge in [0, 0.05) is 19.5 Å². The molecule has 1 aliphatic carbocycles. The Morgan fingerprint density at radius 1 is 1.39 bits per heavy atom. The summed E-state index contributed by atoms with van der Waals surface area (Å²) in [5, 5.41) is 3.67. The van der Waals surface area contributed by atoms with Gasteiger partial charge < -0.3 is 4.52 Å². The lowest BCUT2D eigenvalue weighted by Crippen LogP contribution is -2.37. The number of aromatic nitrogens is 2. The van der Waals surface area contributed by atoms with Crippen LogP contribution in [0.2, 0.25) is 0 Å². The summed E-state index contributed by atoms with van der Waals surface area (Å²) in [5.41, 5.74) is 0. The van der Waals surface area contributed by atoms with Gasteiger partial charge in [-0.3, -0.25) is 0 Å². The number of hydrogen-bond donors (Lipinski definition) is 0. The van der Waals surface area contributed by atoms with Crippen LogP contribution in [0.5, 0.6) is 0 Å². The monoisotopic (exact) mass is 271 g/mol. The van der Waals surface area contributed by atoms with Crippen LogP contribution in [0.25, 0.3) is 0 Å². The number of rotatable bonds is 4. The van der Waals surface area contributed by atoms with Crippen LogP contribution in [0.4, 0.5) is 0 Å². The molecule has 0 spiro atoms. The molecule has 1 aromatic rings. The number of hydrogen-bond acceptors (Lipinski definition) is 5. The Labute approximate surface area is 106 Å². The molecular weight excluding hydrogens is 254 g/mol. The van der Waals surface area contributed by atoms with Crippen molar-refractivity contribution >= 4 is 10.0 Å². The quantitative estimate of drug-likeness (QED) is 0.819. The molecule has 1 aliphatic heterocycles. The predicted octanol–water partition coefficient (Wildman–Crippen LogP) is 1.08. The molecule has 0 bridgehead atoms. The van der Waals surface area contributed by atoms with E-state index in [1.54, 1.807) is 11.2 Å². The first kappa shape index (κ1) is 12.1. The Bertz CT molecular complexity index is 535.